The number of carbonyl (C=O) groups excluding carboxylic acids is 2. The van der Waals surface area contributed by atoms with E-state index >= 15 is 0 Å². The minimum atomic E-state index is -1.14. The number of aliphatic carboxylic acids is 1. The van der Waals surface area contributed by atoms with E-state index in [1.54, 1.807) is 38.1 Å². The molecule has 0 aromatic heterocycles. The van der Waals surface area contributed by atoms with Crippen LogP contribution in [0.4, 0.5) is 5.69 Å². The topological polar surface area (TPSA) is 105 Å². The summed E-state index contributed by atoms with van der Waals surface area (Å²) < 4.78 is 10.5. The number of para-hydroxylation sites is 2. The van der Waals surface area contributed by atoms with Crippen molar-refractivity contribution in [2.75, 3.05) is 24.7 Å². The van der Waals surface area contributed by atoms with E-state index in [2.05, 4.69) is 5.32 Å². The molecule has 1 unspecified atom stereocenters. The lowest BCUT2D eigenvalue weighted by Crippen LogP contribution is -2.54. The Labute approximate surface area is 139 Å². The van der Waals surface area contributed by atoms with Crippen molar-refractivity contribution in [3.63, 3.8) is 0 Å². The predicted octanol–water partition coefficient (Wildman–Crippen LogP) is 0.406. The molecule has 24 heavy (non-hydrogen) atoms. The van der Waals surface area contributed by atoms with Crippen LogP contribution in [0.2, 0.25) is 0 Å². The number of fused-ring (bicyclic) bond motifs is 1. The summed E-state index contributed by atoms with van der Waals surface area (Å²) in [4.78, 5) is 36.7. The number of anilines is 1. The summed E-state index contributed by atoms with van der Waals surface area (Å²) in [5.41, 5.74) is 0.387. The van der Waals surface area contributed by atoms with E-state index in [-0.39, 0.29) is 13.2 Å². The summed E-state index contributed by atoms with van der Waals surface area (Å²) >= 11 is 0. The predicted molar refractivity (Wildman–Crippen MR) is 84.9 cm³/mol. The number of benzene rings is 1. The molecule has 1 aliphatic rings. The molecule has 0 radical (unpaired) electrons. The molecule has 2 rings (SSSR count). The molecule has 0 saturated carbocycles. The van der Waals surface area contributed by atoms with E-state index in [1.807, 2.05) is 0 Å². The number of rotatable bonds is 6. The average Bonchev–Trinajstić information content (AvgIpc) is 2.67. The molecular weight excluding hydrogens is 316 g/mol. The Kier molecular flexibility index (Phi) is 5.75. The minimum absolute atomic E-state index is 0.0181. The van der Waals surface area contributed by atoms with Crippen molar-refractivity contribution < 1.29 is 29.0 Å². The van der Waals surface area contributed by atoms with Gasteiger partial charge in [0.2, 0.25) is 5.91 Å². The first kappa shape index (κ1) is 17.7. The van der Waals surface area contributed by atoms with Crippen molar-refractivity contribution in [2.45, 2.75) is 25.9 Å². The van der Waals surface area contributed by atoms with Gasteiger partial charge in [-0.05, 0) is 26.0 Å². The van der Waals surface area contributed by atoms with E-state index in [0.717, 1.165) is 4.90 Å². The normalized spacial score (nSPS) is 18.2. The van der Waals surface area contributed by atoms with Crippen molar-refractivity contribution in [3.8, 4) is 5.75 Å². The Hall–Kier alpha value is -2.61. The number of hydrogen-bond donors (Lipinski definition) is 2. The first-order valence-electron chi connectivity index (χ1n) is 7.61. The monoisotopic (exact) mass is 336 g/mol. The standard InChI is InChI=1S/C16H20N2O6/c1-3-23-16(22)10(2)17-11-9-24-13-7-5-4-6-12(13)18(15(11)21)8-14(19)20/h4-7,10-11,17H,3,8-9H2,1-2H3,(H,19,20)/t10?,11-/m0/s1. The fourth-order valence-corrected chi connectivity index (χ4v) is 2.41. The van der Waals surface area contributed by atoms with Crippen LogP contribution in [0.15, 0.2) is 24.3 Å². The van der Waals surface area contributed by atoms with Gasteiger partial charge in [0.05, 0.1) is 12.3 Å². The summed E-state index contributed by atoms with van der Waals surface area (Å²) in [5.74, 6) is -1.69. The van der Waals surface area contributed by atoms with E-state index in [0.29, 0.717) is 11.4 Å². The van der Waals surface area contributed by atoms with Gasteiger partial charge >= 0.3 is 11.9 Å². The molecule has 1 aromatic rings. The van der Waals surface area contributed by atoms with Crippen LogP contribution in [0.1, 0.15) is 13.8 Å². The molecular formula is C16H20N2O6. The molecule has 1 amide bonds. The maximum atomic E-state index is 12.7. The molecule has 0 bridgehead atoms. The van der Waals surface area contributed by atoms with Gasteiger partial charge in [-0.3, -0.25) is 24.6 Å². The first-order chi connectivity index (χ1) is 11.4. The Morgan fingerprint density at radius 3 is 2.83 bits per heavy atom. The van der Waals surface area contributed by atoms with Crippen molar-refractivity contribution >= 4 is 23.5 Å². The average molecular weight is 336 g/mol. The molecule has 1 aliphatic heterocycles. The molecule has 0 spiro atoms. The number of carbonyl (C=O) groups is 3. The number of nitrogens with zero attached hydrogens (tertiary/aromatic N) is 1. The largest absolute Gasteiger partial charge is 0.489 e. The summed E-state index contributed by atoms with van der Waals surface area (Å²) in [5, 5.41) is 11.9. The third-order valence-electron chi connectivity index (χ3n) is 3.51. The van der Waals surface area contributed by atoms with E-state index in [1.165, 1.54) is 0 Å². The Balaban J connectivity index is 2.23. The molecule has 130 valence electrons. The van der Waals surface area contributed by atoms with Crippen LogP contribution in [0.25, 0.3) is 0 Å². The lowest BCUT2D eigenvalue weighted by Gasteiger charge is -2.24. The number of hydrogen-bond acceptors (Lipinski definition) is 6. The summed E-state index contributed by atoms with van der Waals surface area (Å²) in [6.45, 7) is 2.98. The van der Waals surface area contributed by atoms with Gasteiger partial charge in [-0.1, -0.05) is 12.1 Å². The zero-order valence-corrected chi connectivity index (χ0v) is 13.5. The Bertz CT molecular complexity index is 633. The van der Waals surface area contributed by atoms with E-state index in [4.69, 9.17) is 14.6 Å². The third-order valence-corrected chi connectivity index (χ3v) is 3.51. The van der Waals surface area contributed by atoms with Crippen LogP contribution in [-0.2, 0) is 19.1 Å². The van der Waals surface area contributed by atoms with Gasteiger partial charge in [0.25, 0.3) is 0 Å². The van der Waals surface area contributed by atoms with Gasteiger partial charge in [0, 0.05) is 0 Å². The highest BCUT2D eigenvalue weighted by atomic mass is 16.5. The lowest BCUT2D eigenvalue weighted by molar-refractivity contribution is -0.145. The SMILES string of the molecule is CCOC(=O)C(C)N[C@H]1COc2ccccc2N(CC(=O)O)C1=O. The van der Waals surface area contributed by atoms with Crippen molar-refractivity contribution in [2.24, 2.45) is 0 Å². The quantitative estimate of drug-likeness (QED) is 0.725. The first-order valence-corrected chi connectivity index (χ1v) is 7.61. The third kappa shape index (κ3) is 4.02. The van der Waals surface area contributed by atoms with Crippen molar-refractivity contribution in [1.82, 2.24) is 5.32 Å². The zero-order chi connectivity index (χ0) is 17.7. The highest BCUT2D eigenvalue weighted by Gasteiger charge is 2.34. The van der Waals surface area contributed by atoms with Crippen LogP contribution in [0.5, 0.6) is 5.75 Å². The Morgan fingerprint density at radius 1 is 1.46 bits per heavy atom. The van der Waals surface area contributed by atoms with Gasteiger partial charge in [-0.2, -0.15) is 0 Å². The maximum Gasteiger partial charge on any atom is 0.323 e. The number of carboxylic acids is 1. The fourth-order valence-electron chi connectivity index (χ4n) is 2.41. The van der Waals surface area contributed by atoms with Crippen LogP contribution < -0.4 is 15.0 Å². The van der Waals surface area contributed by atoms with E-state index < -0.39 is 36.5 Å². The molecule has 0 saturated heterocycles. The summed E-state index contributed by atoms with van der Waals surface area (Å²) in [6, 6.07) is 5.12. The van der Waals surface area contributed by atoms with Gasteiger partial charge < -0.3 is 14.6 Å². The summed E-state index contributed by atoms with van der Waals surface area (Å²) in [7, 11) is 0. The van der Waals surface area contributed by atoms with Crippen molar-refractivity contribution in [1.29, 1.82) is 0 Å². The second-order valence-electron chi connectivity index (χ2n) is 5.29. The number of ether oxygens (including phenoxy) is 2. The van der Waals surface area contributed by atoms with Gasteiger partial charge in [-0.15, -0.1) is 0 Å². The lowest BCUT2D eigenvalue weighted by atomic mass is 10.2. The molecule has 0 fully saturated rings. The molecule has 1 heterocycles. The summed E-state index contributed by atoms with van der Waals surface area (Å²) in [6.07, 6.45) is 0. The van der Waals surface area contributed by atoms with Gasteiger partial charge in [-0.25, -0.2) is 0 Å². The van der Waals surface area contributed by atoms with Crippen LogP contribution in [-0.4, -0.2) is 54.8 Å². The minimum Gasteiger partial charge on any atom is -0.489 e. The second kappa shape index (κ2) is 7.78. The maximum absolute atomic E-state index is 12.7. The van der Waals surface area contributed by atoms with Gasteiger partial charge in [0.1, 0.15) is 31.0 Å². The fraction of sp³-hybridized carbons (Fsp3) is 0.438. The zero-order valence-electron chi connectivity index (χ0n) is 13.5. The smallest absolute Gasteiger partial charge is 0.323 e. The highest BCUT2D eigenvalue weighted by Crippen LogP contribution is 2.30. The molecule has 2 atom stereocenters. The highest BCUT2D eigenvalue weighted by molar-refractivity contribution is 6.02. The van der Waals surface area contributed by atoms with Crippen LogP contribution >= 0.6 is 0 Å². The molecule has 8 heteroatoms. The molecule has 2 N–H and O–H groups in total. The second-order valence-corrected chi connectivity index (χ2v) is 5.29. The van der Waals surface area contributed by atoms with E-state index in [9.17, 15) is 14.4 Å². The number of amides is 1. The van der Waals surface area contributed by atoms with Crippen LogP contribution in [0.3, 0.4) is 0 Å². The Morgan fingerprint density at radius 2 is 2.17 bits per heavy atom. The molecule has 1 aromatic carbocycles. The van der Waals surface area contributed by atoms with Crippen molar-refractivity contribution in [3.05, 3.63) is 24.3 Å². The number of nitrogens with one attached hydrogen (secondary N) is 1. The molecule has 0 aliphatic carbocycles. The number of esters is 1. The molecule has 8 nitrogen and oxygen atoms in total. The number of carboxylic acid groups (broad SMARTS) is 1. The van der Waals surface area contributed by atoms with Crippen LogP contribution in [0, 0.1) is 0 Å². The van der Waals surface area contributed by atoms with Gasteiger partial charge in [0.15, 0.2) is 0 Å².